The third kappa shape index (κ3) is 5.94. The lowest BCUT2D eigenvalue weighted by molar-refractivity contribution is 0.0378. The predicted octanol–water partition coefficient (Wildman–Crippen LogP) is 5.46. The lowest BCUT2D eigenvalue weighted by Gasteiger charge is -2.27. The van der Waals surface area contributed by atoms with Crippen molar-refractivity contribution in [1.82, 2.24) is 9.88 Å². The van der Waals surface area contributed by atoms with Crippen molar-refractivity contribution in [1.29, 1.82) is 0 Å². The molecule has 4 rings (SSSR count). The number of benzene rings is 2. The number of pyridine rings is 1. The van der Waals surface area contributed by atoms with Gasteiger partial charge >= 0.3 is 5.97 Å². The molecule has 178 valence electrons. The van der Waals surface area contributed by atoms with E-state index in [0.29, 0.717) is 11.4 Å². The Hall–Kier alpha value is -3.38. The molecule has 2 heterocycles. The molecular weight excluding hydrogens is 426 g/mol. The molecule has 0 saturated carbocycles. The Labute approximate surface area is 202 Å². The van der Waals surface area contributed by atoms with Crippen molar-refractivity contribution in [3.63, 3.8) is 0 Å². The van der Waals surface area contributed by atoms with Gasteiger partial charge in [0, 0.05) is 38.9 Å². The first-order chi connectivity index (χ1) is 16.4. The Morgan fingerprint density at radius 3 is 2.44 bits per heavy atom. The molecule has 0 aliphatic carbocycles. The normalized spacial score (nSPS) is 16.0. The highest BCUT2D eigenvalue weighted by atomic mass is 16.5. The van der Waals surface area contributed by atoms with Crippen LogP contribution in [0.1, 0.15) is 41.8 Å². The highest BCUT2D eigenvalue weighted by molar-refractivity contribution is 5.94. The van der Waals surface area contributed by atoms with Crippen molar-refractivity contribution >= 4 is 11.8 Å². The average Bonchev–Trinajstić information content (AvgIpc) is 3.29. The molecule has 2 aromatic carbocycles. The van der Waals surface area contributed by atoms with Crippen LogP contribution >= 0.6 is 0 Å². The molecule has 0 N–H and O–H groups in total. The Morgan fingerprint density at radius 1 is 1.09 bits per heavy atom. The van der Waals surface area contributed by atoms with E-state index in [-0.39, 0.29) is 18.1 Å². The van der Waals surface area contributed by atoms with E-state index >= 15 is 0 Å². The van der Waals surface area contributed by atoms with Crippen molar-refractivity contribution in [2.24, 2.45) is 0 Å². The average molecular weight is 460 g/mol. The van der Waals surface area contributed by atoms with Crippen molar-refractivity contribution < 1.29 is 14.3 Å². The van der Waals surface area contributed by atoms with E-state index < -0.39 is 0 Å². The molecular formula is C28H33N3O3. The Balaban J connectivity index is 1.35. The summed E-state index contributed by atoms with van der Waals surface area (Å²) in [5.74, 6) is 2.03. The van der Waals surface area contributed by atoms with Crippen molar-refractivity contribution in [3.8, 4) is 11.5 Å². The minimum atomic E-state index is -0.326. The second-order valence-corrected chi connectivity index (χ2v) is 9.18. The number of anilines is 1. The van der Waals surface area contributed by atoms with Gasteiger partial charge in [-0.3, -0.25) is 4.90 Å². The zero-order valence-corrected chi connectivity index (χ0v) is 20.4. The zero-order chi connectivity index (χ0) is 24.1. The Bertz CT molecular complexity index is 1100. The van der Waals surface area contributed by atoms with Crippen LogP contribution in [0.3, 0.4) is 0 Å². The number of likely N-dealkylation sites (N-methyl/N-ethyl adjacent to an activating group) is 1. The van der Waals surface area contributed by atoms with Crippen LogP contribution in [-0.2, 0) is 11.3 Å². The maximum atomic E-state index is 12.5. The number of rotatable bonds is 8. The van der Waals surface area contributed by atoms with Crippen LogP contribution in [0, 0.1) is 6.92 Å². The van der Waals surface area contributed by atoms with E-state index in [1.165, 1.54) is 11.1 Å². The van der Waals surface area contributed by atoms with Crippen LogP contribution in [0.4, 0.5) is 5.82 Å². The molecule has 0 radical (unpaired) electrons. The van der Waals surface area contributed by atoms with Crippen LogP contribution in [-0.4, -0.2) is 48.1 Å². The Morgan fingerprint density at radius 2 is 1.76 bits per heavy atom. The minimum Gasteiger partial charge on any atom is -0.459 e. The second-order valence-electron chi connectivity index (χ2n) is 9.18. The van der Waals surface area contributed by atoms with Gasteiger partial charge in [-0.15, -0.1) is 0 Å². The first-order valence-electron chi connectivity index (χ1n) is 11.8. The molecule has 1 aliphatic rings. The van der Waals surface area contributed by atoms with Gasteiger partial charge in [-0.1, -0.05) is 29.8 Å². The molecule has 6 nitrogen and oxygen atoms in total. The SMILES string of the molecule is Cc1ccc(Oc2ccc(CN3CC[C@H](N(C)c4ncccc4C(=O)OC(C)C)C3)cc2)cc1. The number of aryl methyl sites for hydroxylation is 1. The number of esters is 1. The summed E-state index contributed by atoms with van der Waals surface area (Å²) in [7, 11) is 2.01. The van der Waals surface area contributed by atoms with E-state index in [1.54, 1.807) is 18.3 Å². The topological polar surface area (TPSA) is 54.9 Å². The van der Waals surface area contributed by atoms with Crippen molar-refractivity contribution in [3.05, 3.63) is 83.6 Å². The van der Waals surface area contributed by atoms with Gasteiger partial charge in [-0.2, -0.15) is 0 Å². The lowest BCUT2D eigenvalue weighted by Crippen LogP contribution is -2.36. The molecule has 1 fully saturated rings. The molecule has 1 atom stereocenters. The molecule has 6 heteroatoms. The first-order valence-corrected chi connectivity index (χ1v) is 11.8. The Kier molecular flexibility index (Phi) is 7.48. The van der Waals surface area contributed by atoms with Crippen LogP contribution in [0.15, 0.2) is 66.9 Å². The maximum Gasteiger partial charge on any atom is 0.342 e. The van der Waals surface area contributed by atoms with Gasteiger partial charge in [0.1, 0.15) is 22.9 Å². The van der Waals surface area contributed by atoms with Gasteiger partial charge in [-0.05, 0) is 69.2 Å². The van der Waals surface area contributed by atoms with E-state index in [4.69, 9.17) is 9.47 Å². The number of carbonyl (C=O) groups is 1. The molecule has 0 amide bonds. The fourth-order valence-corrected chi connectivity index (χ4v) is 4.22. The van der Waals surface area contributed by atoms with E-state index in [0.717, 1.165) is 37.6 Å². The quantitative estimate of drug-likeness (QED) is 0.417. The summed E-state index contributed by atoms with van der Waals surface area (Å²) >= 11 is 0. The number of hydrogen-bond acceptors (Lipinski definition) is 6. The van der Waals surface area contributed by atoms with Gasteiger partial charge in [0.05, 0.1) is 6.10 Å². The number of ether oxygens (including phenoxy) is 2. The highest BCUT2D eigenvalue weighted by Crippen LogP contribution is 2.26. The molecule has 34 heavy (non-hydrogen) atoms. The van der Waals surface area contributed by atoms with Crippen LogP contribution in [0.5, 0.6) is 11.5 Å². The smallest absolute Gasteiger partial charge is 0.342 e. The third-order valence-electron chi connectivity index (χ3n) is 6.06. The molecule has 0 spiro atoms. The van der Waals surface area contributed by atoms with Gasteiger partial charge < -0.3 is 14.4 Å². The zero-order valence-electron chi connectivity index (χ0n) is 20.4. The van der Waals surface area contributed by atoms with Crippen LogP contribution < -0.4 is 9.64 Å². The first kappa shape index (κ1) is 23.8. The van der Waals surface area contributed by atoms with Gasteiger partial charge in [0.15, 0.2) is 0 Å². The number of nitrogens with zero attached hydrogens (tertiary/aromatic N) is 3. The molecule has 1 aliphatic heterocycles. The molecule has 1 aromatic heterocycles. The van der Waals surface area contributed by atoms with E-state index in [2.05, 4.69) is 33.8 Å². The number of carbonyl (C=O) groups excluding carboxylic acids is 1. The number of aromatic nitrogens is 1. The fraction of sp³-hybridized carbons (Fsp3) is 0.357. The van der Waals surface area contributed by atoms with E-state index in [9.17, 15) is 4.79 Å². The molecule has 3 aromatic rings. The standard InChI is InChI=1S/C28H33N3O3/c1-20(2)33-28(32)26-6-5-16-29-27(26)30(4)23-15-17-31(19-23)18-22-9-13-25(14-10-22)34-24-11-7-21(3)8-12-24/h5-14,16,20,23H,15,17-19H2,1-4H3/t23-/m0/s1. The summed E-state index contributed by atoms with van der Waals surface area (Å²) in [5.41, 5.74) is 2.98. The highest BCUT2D eigenvalue weighted by Gasteiger charge is 2.29. The maximum absolute atomic E-state index is 12.5. The largest absolute Gasteiger partial charge is 0.459 e. The van der Waals surface area contributed by atoms with E-state index in [1.807, 2.05) is 57.3 Å². The van der Waals surface area contributed by atoms with Gasteiger partial charge in [-0.25, -0.2) is 9.78 Å². The molecule has 0 bridgehead atoms. The summed E-state index contributed by atoms with van der Waals surface area (Å²) in [5, 5.41) is 0. The molecule has 0 unspecified atom stereocenters. The summed E-state index contributed by atoms with van der Waals surface area (Å²) in [6.45, 7) is 8.55. The van der Waals surface area contributed by atoms with Crippen LogP contribution in [0.2, 0.25) is 0 Å². The summed E-state index contributed by atoms with van der Waals surface area (Å²) in [6, 6.07) is 20.2. The summed E-state index contributed by atoms with van der Waals surface area (Å²) in [6.07, 6.45) is 2.58. The second kappa shape index (κ2) is 10.7. The molecule has 1 saturated heterocycles. The van der Waals surface area contributed by atoms with Crippen molar-refractivity contribution in [2.75, 3.05) is 25.0 Å². The van der Waals surface area contributed by atoms with Gasteiger partial charge in [0.2, 0.25) is 0 Å². The number of hydrogen-bond donors (Lipinski definition) is 0. The predicted molar refractivity (Wildman–Crippen MR) is 135 cm³/mol. The summed E-state index contributed by atoms with van der Waals surface area (Å²) < 4.78 is 11.4. The van der Waals surface area contributed by atoms with Gasteiger partial charge in [0.25, 0.3) is 0 Å². The van der Waals surface area contributed by atoms with Crippen molar-refractivity contribution in [2.45, 2.75) is 45.9 Å². The monoisotopic (exact) mass is 459 g/mol. The number of likely N-dealkylation sites (tertiary alicyclic amines) is 1. The minimum absolute atomic E-state index is 0.165. The summed E-state index contributed by atoms with van der Waals surface area (Å²) in [4.78, 5) is 21.6. The van der Waals surface area contributed by atoms with Crippen LogP contribution in [0.25, 0.3) is 0 Å². The fourth-order valence-electron chi connectivity index (χ4n) is 4.22. The third-order valence-corrected chi connectivity index (χ3v) is 6.06. The lowest BCUT2D eigenvalue weighted by atomic mass is 10.2.